The molecule has 2 amide bonds. The van der Waals surface area contributed by atoms with Gasteiger partial charge in [0.2, 0.25) is 0 Å². The second kappa shape index (κ2) is 9.75. The topological polar surface area (TPSA) is 111 Å². The van der Waals surface area contributed by atoms with Crippen molar-refractivity contribution in [3.8, 4) is 0 Å². The number of nitrogens with zero attached hydrogens (tertiary/aromatic N) is 3. The van der Waals surface area contributed by atoms with E-state index in [1.165, 1.54) is 0 Å². The number of para-hydroxylation sites is 1. The standard InChI is InChI=1S/C26H26BrN5O3/c1-15-5-6-16(11-29-25(34)20-3-2-4-21-24(20)31-23(14-33)30-21)13-32(15)26(35)22-10-18-9-19(27)8-7-17(18)12-28-22/h2-4,7-10,12,15-16,33H,5-6,11,13-14H2,1H3,(H,29,34)(H,30,31). The van der Waals surface area contributed by atoms with Gasteiger partial charge in [-0.1, -0.05) is 28.1 Å². The molecule has 0 bridgehead atoms. The van der Waals surface area contributed by atoms with E-state index < -0.39 is 0 Å². The number of nitrogens with one attached hydrogen (secondary N) is 2. The zero-order valence-corrected chi connectivity index (χ0v) is 20.9. The van der Waals surface area contributed by atoms with E-state index in [0.29, 0.717) is 41.2 Å². The third kappa shape index (κ3) is 4.78. The Labute approximate surface area is 210 Å². The molecule has 1 aliphatic heterocycles. The van der Waals surface area contributed by atoms with Crippen LogP contribution in [0.5, 0.6) is 0 Å². The summed E-state index contributed by atoms with van der Waals surface area (Å²) in [5.74, 6) is 0.253. The Morgan fingerprint density at radius 2 is 2.06 bits per heavy atom. The highest BCUT2D eigenvalue weighted by atomic mass is 79.9. The molecular formula is C26H26BrN5O3. The van der Waals surface area contributed by atoms with Crippen LogP contribution in [0.1, 0.15) is 46.4 Å². The Hall–Kier alpha value is -3.30. The first-order valence-electron chi connectivity index (χ1n) is 11.7. The number of pyridine rings is 1. The molecule has 2 aromatic heterocycles. The van der Waals surface area contributed by atoms with Crippen LogP contribution in [0.4, 0.5) is 0 Å². The van der Waals surface area contributed by atoms with Gasteiger partial charge in [-0.15, -0.1) is 0 Å². The molecule has 4 aromatic rings. The molecule has 0 spiro atoms. The zero-order chi connectivity index (χ0) is 24.5. The van der Waals surface area contributed by atoms with Gasteiger partial charge < -0.3 is 20.3 Å². The van der Waals surface area contributed by atoms with Crippen molar-refractivity contribution in [1.82, 2.24) is 25.2 Å². The maximum Gasteiger partial charge on any atom is 0.272 e. The Morgan fingerprint density at radius 3 is 2.89 bits per heavy atom. The van der Waals surface area contributed by atoms with Gasteiger partial charge in [-0.25, -0.2) is 4.98 Å². The van der Waals surface area contributed by atoms with Crippen LogP contribution in [0.25, 0.3) is 21.8 Å². The molecule has 2 atom stereocenters. The predicted octanol–water partition coefficient (Wildman–Crippen LogP) is 4.04. The summed E-state index contributed by atoms with van der Waals surface area (Å²) in [6.45, 7) is 2.85. The number of aromatic amines is 1. The van der Waals surface area contributed by atoms with Gasteiger partial charge in [0.25, 0.3) is 11.8 Å². The maximum absolute atomic E-state index is 13.4. The lowest BCUT2D eigenvalue weighted by atomic mass is 9.92. The highest BCUT2D eigenvalue weighted by Gasteiger charge is 2.30. The lowest BCUT2D eigenvalue weighted by Crippen LogP contribution is -2.48. The molecule has 0 radical (unpaired) electrons. The van der Waals surface area contributed by atoms with Crippen LogP contribution in [0.15, 0.2) is 53.1 Å². The Kier molecular flexibility index (Phi) is 6.53. The molecule has 0 aliphatic carbocycles. The van der Waals surface area contributed by atoms with Gasteiger partial charge in [-0.05, 0) is 61.4 Å². The first kappa shape index (κ1) is 23.4. The number of imidazole rings is 1. The number of H-pyrrole nitrogens is 1. The van der Waals surface area contributed by atoms with E-state index >= 15 is 0 Å². The molecule has 35 heavy (non-hydrogen) atoms. The number of amides is 2. The highest BCUT2D eigenvalue weighted by molar-refractivity contribution is 9.10. The van der Waals surface area contributed by atoms with E-state index in [1.807, 2.05) is 35.2 Å². The minimum absolute atomic E-state index is 0.0896. The summed E-state index contributed by atoms with van der Waals surface area (Å²) in [4.78, 5) is 39.9. The number of benzene rings is 2. The quantitative estimate of drug-likeness (QED) is 0.357. The normalized spacial score (nSPS) is 18.2. The van der Waals surface area contributed by atoms with Gasteiger partial charge in [-0.3, -0.25) is 14.6 Å². The van der Waals surface area contributed by atoms with E-state index in [1.54, 1.807) is 18.3 Å². The van der Waals surface area contributed by atoms with Gasteiger partial charge in [0.05, 0.1) is 11.1 Å². The molecule has 1 fully saturated rings. The molecule has 0 saturated carbocycles. The van der Waals surface area contributed by atoms with Crippen LogP contribution < -0.4 is 5.32 Å². The van der Waals surface area contributed by atoms with E-state index in [4.69, 9.17) is 0 Å². The minimum Gasteiger partial charge on any atom is -0.388 e. The molecular weight excluding hydrogens is 510 g/mol. The van der Waals surface area contributed by atoms with Crippen molar-refractivity contribution in [2.75, 3.05) is 13.1 Å². The summed E-state index contributed by atoms with van der Waals surface area (Å²) in [5.41, 5.74) is 2.14. The number of carbonyl (C=O) groups excluding carboxylic acids is 2. The van der Waals surface area contributed by atoms with Crippen LogP contribution in [-0.4, -0.2) is 55.9 Å². The zero-order valence-electron chi connectivity index (χ0n) is 19.3. The number of fused-ring (bicyclic) bond motifs is 2. The lowest BCUT2D eigenvalue weighted by Gasteiger charge is -2.38. The molecule has 5 rings (SSSR count). The second-order valence-corrected chi connectivity index (χ2v) is 9.98. The fraction of sp³-hybridized carbons (Fsp3) is 0.308. The second-order valence-electron chi connectivity index (χ2n) is 9.06. The van der Waals surface area contributed by atoms with Gasteiger partial charge in [-0.2, -0.15) is 0 Å². The van der Waals surface area contributed by atoms with E-state index in [-0.39, 0.29) is 30.4 Å². The molecule has 180 valence electrons. The van der Waals surface area contributed by atoms with Gasteiger partial charge in [0.15, 0.2) is 0 Å². The molecule has 2 aromatic carbocycles. The van der Waals surface area contributed by atoms with Crippen LogP contribution in [0.3, 0.4) is 0 Å². The number of aliphatic hydroxyl groups excluding tert-OH is 1. The van der Waals surface area contributed by atoms with Crippen LogP contribution in [-0.2, 0) is 6.61 Å². The number of hydrogen-bond acceptors (Lipinski definition) is 5. The number of aromatic nitrogens is 3. The van der Waals surface area contributed by atoms with Crippen molar-refractivity contribution >= 4 is 49.6 Å². The fourth-order valence-corrected chi connectivity index (χ4v) is 5.06. The summed E-state index contributed by atoms with van der Waals surface area (Å²) in [6.07, 6.45) is 3.52. The molecule has 8 nitrogen and oxygen atoms in total. The van der Waals surface area contributed by atoms with E-state index in [9.17, 15) is 14.7 Å². The summed E-state index contributed by atoms with van der Waals surface area (Å²) >= 11 is 3.48. The fourth-order valence-electron chi connectivity index (χ4n) is 4.68. The molecule has 3 N–H and O–H groups in total. The molecule has 1 aliphatic rings. The number of rotatable bonds is 5. The molecule has 3 heterocycles. The number of piperidine rings is 1. The lowest BCUT2D eigenvalue weighted by molar-refractivity contribution is 0.0552. The number of carbonyl (C=O) groups is 2. The monoisotopic (exact) mass is 535 g/mol. The first-order valence-corrected chi connectivity index (χ1v) is 12.4. The smallest absolute Gasteiger partial charge is 0.272 e. The van der Waals surface area contributed by atoms with Crippen LogP contribution in [0, 0.1) is 5.92 Å². The Balaban J connectivity index is 1.27. The highest BCUT2D eigenvalue weighted by Crippen LogP contribution is 2.25. The van der Waals surface area contributed by atoms with Crippen LogP contribution >= 0.6 is 15.9 Å². The number of likely N-dealkylation sites (tertiary alicyclic amines) is 1. The van der Waals surface area contributed by atoms with Gasteiger partial charge in [0, 0.05) is 35.2 Å². The largest absolute Gasteiger partial charge is 0.388 e. The van der Waals surface area contributed by atoms with Crippen molar-refractivity contribution in [2.45, 2.75) is 32.4 Å². The summed E-state index contributed by atoms with van der Waals surface area (Å²) in [6, 6.07) is 13.2. The number of aliphatic hydroxyl groups is 1. The van der Waals surface area contributed by atoms with Crippen molar-refractivity contribution in [3.05, 3.63) is 70.2 Å². The average molecular weight is 536 g/mol. The third-order valence-electron chi connectivity index (χ3n) is 6.65. The number of halogens is 1. The first-order chi connectivity index (χ1) is 16.9. The van der Waals surface area contributed by atoms with Gasteiger partial charge >= 0.3 is 0 Å². The van der Waals surface area contributed by atoms with Crippen molar-refractivity contribution in [2.24, 2.45) is 5.92 Å². The average Bonchev–Trinajstić information content (AvgIpc) is 3.31. The van der Waals surface area contributed by atoms with Crippen molar-refractivity contribution in [3.63, 3.8) is 0 Å². The Morgan fingerprint density at radius 1 is 1.20 bits per heavy atom. The van der Waals surface area contributed by atoms with Gasteiger partial charge in [0.1, 0.15) is 23.6 Å². The molecule has 2 unspecified atom stereocenters. The minimum atomic E-state index is -0.219. The van der Waals surface area contributed by atoms with E-state index in [2.05, 4.69) is 43.1 Å². The van der Waals surface area contributed by atoms with Crippen molar-refractivity contribution < 1.29 is 14.7 Å². The van der Waals surface area contributed by atoms with Crippen molar-refractivity contribution in [1.29, 1.82) is 0 Å². The number of hydrogen-bond donors (Lipinski definition) is 3. The Bertz CT molecular complexity index is 1420. The molecule has 9 heteroatoms. The molecule has 1 saturated heterocycles. The summed E-state index contributed by atoms with van der Waals surface area (Å²) in [5, 5.41) is 14.3. The van der Waals surface area contributed by atoms with Crippen LogP contribution in [0.2, 0.25) is 0 Å². The third-order valence-corrected chi connectivity index (χ3v) is 7.14. The maximum atomic E-state index is 13.4. The summed E-state index contributed by atoms with van der Waals surface area (Å²) in [7, 11) is 0. The summed E-state index contributed by atoms with van der Waals surface area (Å²) < 4.78 is 0.954. The van der Waals surface area contributed by atoms with E-state index in [0.717, 1.165) is 28.1 Å². The SMILES string of the molecule is CC1CCC(CNC(=O)c2cccc3[nH]c(CO)nc23)CN1C(=O)c1cc2cc(Br)ccc2cn1. The predicted molar refractivity (Wildman–Crippen MR) is 137 cm³/mol.